The normalized spacial score (nSPS) is 20.8. The van der Waals surface area contributed by atoms with Gasteiger partial charge in [0, 0.05) is 49.9 Å². The number of sulfonamides is 1. The zero-order valence-corrected chi connectivity index (χ0v) is 14.8. The molecule has 0 unspecified atom stereocenters. The van der Waals surface area contributed by atoms with E-state index in [1.165, 1.54) is 22.5 Å². The zero-order chi connectivity index (χ0) is 18.3. The number of fused-ring (bicyclic) bond motifs is 1. The summed E-state index contributed by atoms with van der Waals surface area (Å²) in [6.07, 6.45) is 4.82. The first-order valence-electron chi connectivity index (χ1n) is 8.35. The van der Waals surface area contributed by atoms with E-state index in [0.717, 1.165) is 11.1 Å². The van der Waals surface area contributed by atoms with E-state index in [2.05, 4.69) is 10.3 Å². The lowest BCUT2D eigenvalue weighted by atomic mass is 9.92. The second kappa shape index (κ2) is 6.46. The molecular weight excluding hydrogens is 357 g/mol. The van der Waals surface area contributed by atoms with Gasteiger partial charge in [0.2, 0.25) is 10.0 Å². The summed E-state index contributed by atoms with van der Waals surface area (Å²) in [6.45, 7) is 1.92. The van der Waals surface area contributed by atoms with Crippen LogP contribution < -0.4 is 5.32 Å². The predicted molar refractivity (Wildman–Crippen MR) is 97.0 cm³/mol. The third kappa shape index (κ3) is 2.90. The van der Waals surface area contributed by atoms with E-state index in [1.807, 2.05) is 0 Å². The Hall–Kier alpha value is -2.29. The molecule has 6 nitrogen and oxygen atoms in total. The van der Waals surface area contributed by atoms with Crippen LogP contribution in [-0.2, 0) is 10.0 Å². The van der Waals surface area contributed by atoms with Crippen LogP contribution in [0.4, 0.5) is 4.39 Å². The molecule has 2 heterocycles. The molecule has 2 N–H and O–H groups in total. The van der Waals surface area contributed by atoms with Crippen LogP contribution in [0.2, 0.25) is 0 Å². The number of aliphatic imine (C=N–C) groups is 1. The van der Waals surface area contributed by atoms with Gasteiger partial charge in [-0.2, -0.15) is 4.31 Å². The number of hydrogen-bond acceptors (Lipinski definition) is 5. The molecule has 1 fully saturated rings. The first kappa shape index (κ1) is 17.1. The molecule has 4 rings (SSSR count). The number of piperazine rings is 1. The number of nitrogens with zero attached hydrogens (tertiary/aromatic N) is 2. The van der Waals surface area contributed by atoms with Gasteiger partial charge in [-0.15, -0.1) is 0 Å². The van der Waals surface area contributed by atoms with Crippen LogP contribution in [0.25, 0.3) is 5.57 Å². The highest BCUT2D eigenvalue weighted by Gasteiger charge is 2.29. The van der Waals surface area contributed by atoms with Crippen LogP contribution in [0.15, 0.2) is 57.8 Å². The van der Waals surface area contributed by atoms with Gasteiger partial charge in [-0.25, -0.2) is 12.8 Å². The molecule has 0 saturated carbocycles. The fraction of sp³-hybridized carbons (Fsp3) is 0.278. The Kier molecular flexibility index (Phi) is 4.26. The van der Waals surface area contributed by atoms with Crippen LogP contribution in [0.1, 0.15) is 12.0 Å². The summed E-state index contributed by atoms with van der Waals surface area (Å²) in [5.41, 5.74) is 2.81. The van der Waals surface area contributed by atoms with Crippen molar-refractivity contribution in [3.63, 3.8) is 0 Å². The molecule has 1 aliphatic carbocycles. The van der Waals surface area contributed by atoms with Crippen molar-refractivity contribution >= 4 is 21.3 Å². The molecule has 0 bridgehead atoms. The summed E-state index contributed by atoms with van der Waals surface area (Å²) in [6, 6.07) is 4.49. The molecule has 3 aliphatic rings. The van der Waals surface area contributed by atoms with Gasteiger partial charge >= 0.3 is 0 Å². The molecular formula is C18H18FN3O3S. The molecule has 0 amide bonds. The van der Waals surface area contributed by atoms with Crippen LogP contribution in [-0.4, -0.2) is 49.7 Å². The van der Waals surface area contributed by atoms with Crippen LogP contribution in [0.5, 0.6) is 5.75 Å². The third-order valence-electron chi connectivity index (χ3n) is 4.68. The minimum absolute atomic E-state index is 0.105. The Bertz CT molecular complexity index is 987. The standard InChI is InChI=1S/C18H18FN3O3S/c19-13-2-3-14-15(11-21-16(14)10-13)12-1-4-18(17(23)9-12)26(24,25)22-7-5-20-6-8-22/h1-4,9,11,20,23H,5-8,10H2. The van der Waals surface area contributed by atoms with E-state index < -0.39 is 10.0 Å². The molecule has 2 aliphatic heterocycles. The van der Waals surface area contributed by atoms with E-state index in [4.69, 9.17) is 0 Å². The van der Waals surface area contributed by atoms with E-state index in [-0.39, 0.29) is 22.9 Å². The van der Waals surface area contributed by atoms with Crippen molar-refractivity contribution in [1.29, 1.82) is 0 Å². The average Bonchev–Trinajstić information content (AvgIpc) is 3.05. The maximum Gasteiger partial charge on any atom is 0.246 e. The lowest BCUT2D eigenvalue weighted by Gasteiger charge is -2.27. The quantitative estimate of drug-likeness (QED) is 0.846. The van der Waals surface area contributed by atoms with E-state index >= 15 is 0 Å². The number of nitrogens with one attached hydrogen (secondary N) is 1. The van der Waals surface area contributed by atoms with Gasteiger partial charge in [0.15, 0.2) is 0 Å². The van der Waals surface area contributed by atoms with Gasteiger partial charge in [0.1, 0.15) is 16.5 Å². The molecule has 8 heteroatoms. The fourth-order valence-corrected chi connectivity index (χ4v) is 4.82. The largest absolute Gasteiger partial charge is 0.507 e. The fourth-order valence-electron chi connectivity index (χ4n) is 3.31. The number of hydrogen-bond donors (Lipinski definition) is 2. The predicted octanol–water partition coefficient (Wildman–Crippen LogP) is 1.97. The topological polar surface area (TPSA) is 82.0 Å². The minimum Gasteiger partial charge on any atom is -0.507 e. The number of phenolic OH excluding ortho intramolecular Hbond substituents is 1. The van der Waals surface area contributed by atoms with Gasteiger partial charge in [0.05, 0.1) is 5.71 Å². The van der Waals surface area contributed by atoms with Gasteiger partial charge in [-0.05, 0) is 29.8 Å². The number of phenols is 1. The van der Waals surface area contributed by atoms with E-state index in [0.29, 0.717) is 37.5 Å². The van der Waals surface area contributed by atoms with Crippen molar-refractivity contribution in [2.75, 3.05) is 26.2 Å². The van der Waals surface area contributed by atoms with Crippen molar-refractivity contribution in [3.05, 3.63) is 53.5 Å². The Morgan fingerprint density at radius 2 is 1.92 bits per heavy atom. The maximum atomic E-state index is 13.4. The second-order valence-electron chi connectivity index (χ2n) is 6.33. The summed E-state index contributed by atoms with van der Waals surface area (Å²) >= 11 is 0. The molecule has 0 spiro atoms. The first-order valence-corrected chi connectivity index (χ1v) is 9.79. The zero-order valence-electron chi connectivity index (χ0n) is 13.9. The van der Waals surface area contributed by atoms with Crippen LogP contribution in [0, 0.1) is 0 Å². The molecule has 136 valence electrons. The molecule has 0 radical (unpaired) electrons. The molecule has 0 atom stereocenters. The number of allylic oxidation sites excluding steroid dienone is 5. The van der Waals surface area contributed by atoms with Crippen molar-refractivity contribution in [2.24, 2.45) is 4.99 Å². The van der Waals surface area contributed by atoms with Crippen LogP contribution in [0.3, 0.4) is 0 Å². The Morgan fingerprint density at radius 1 is 1.15 bits per heavy atom. The summed E-state index contributed by atoms with van der Waals surface area (Å²) in [5.74, 6) is -0.545. The van der Waals surface area contributed by atoms with Gasteiger partial charge in [0.25, 0.3) is 0 Å². The molecule has 1 aromatic rings. The Morgan fingerprint density at radius 3 is 2.65 bits per heavy atom. The smallest absolute Gasteiger partial charge is 0.246 e. The summed E-state index contributed by atoms with van der Waals surface area (Å²) in [7, 11) is -3.74. The minimum atomic E-state index is -3.74. The maximum absolute atomic E-state index is 13.4. The molecule has 0 aromatic heterocycles. The Balaban J connectivity index is 1.65. The van der Waals surface area contributed by atoms with Gasteiger partial charge in [-0.1, -0.05) is 6.07 Å². The molecule has 1 saturated heterocycles. The van der Waals surface area contributed by atoms with Gasteiger partial charge < -0.3 is 10.4 Å². The van der Waals surface area contributed by atoms with E-state index in [1.54, 1.807) is 18.3 Å². The average molecular weight is 375 g/mol. The number of aromatic hydroxyl groups is 1. The second-order valence-corrected chi connectivity index (χ2v) is 8.23. The van der Waals surface area contributed by atoms with Crippen molar-refractivity contribution in [3.8, 4) is 5.75 Å². The summed E-state index contributed by atoms with van der Waals surface area (Å²) in [4.78, 5) is 4.13. The summed E-state index contributed by atoms with van der Waals surface area (Å²) in [5, 5.41) is 13.5. The summed E-state index contributed by atoms with van der Waals surface area (Å²) < 4.78 is 40.2. The molecule has 1 aromatic carbocycles. The van der Waals surface area contributed by atoms with Crippen molar-refractivity contribution in [2.45, 2.75) is 11.3 Å². The third-order valence-corrected chi connectivity index (χ3v) is 6.63. The first-order chi connectivity index (χ1) is 12.5. The number of halogens is 1. The highest BCUT2D eigenvalue weighted by molar-refractivity contribution is 7.89. The lowest BCUT2D eigenvalue weighted by Crippen LogP contribution is -2.46. The number of rotatable bonds is 3. The van der Waals surface area contributed by atoms with Crippen LogP contribution >= 0.6 is 0 Å². The Labute approximate surface area is 151 Å². The highest BCUT2D eigenvalue weighted by atomic mass is 32.2. The van der Waals surface area contributed by atoms with Crippen molar-refractivity contribution in [1.82, 2.24) is 9.62 Å². The SMILES string of the molecule is O=S(=O)(c1ccc(C2=CN=C3CC(F)=CC=C23)cc1O)N1CCNCC1. The van der Waals surface area contributed by atoms with Gasteiger partial charge in [-0.3, -0.25) is 4.99 Å². The van der Waals surface area contributed by atoms with E-state index in [9.17, 15) is 17.9 Å². The van der Waals surface area contributed by atoms with Crippen molar-refractivity contribution < 1.29 is 17.9 Å². The monoisotopic (exact) mass is 375 g/mol. The number of benzene rings is 1. The highest BCUT2D eigenvalue weighted by Crippen LogP contribution is 2.37. The lowest BCUT2D eigenvalue weighted by molar-refractivity contribution is 0.357. The molecule has 26 heavy (non-hydrogen) atoms.